The van der Waals surface area contributed by atoms with Crippen molar-refractivity contribution >= 4 is 28.2 Å². The van der Waals surface area contributed by atoms with Gasteiger partial charge in [-0.2, -0.15) is 5.10 Å². The Kier molecular flexibility index (Phi) is 5.43. The van der Waals surface area contributed by atoms with Crippen LogP contribution in [0.2, 0.25) is 0 Å². The number of fused-ring (bicyclic) bond motifs is 1. The summed E-state index contributed by atoms with van der Waals surface area (Å²) in [6, 6.07) is 1.73. The van der Waals surface area contributed by atoms with Gasteiger partial charge >= 0.3 is 5.97 Å². The Hall–Kier alpha value is -2.19. The maximum absolute atomic E-state index is 12.7. The molecule has 1 aliphatic rings. The first-order valence-electron chi connectivity index (χ1n) is 8.80. The van der Waals surface area contributed by atoms with Gasteiger partial charge in [-0.25, -0.2) is 4.79 Å². The van der Waals surface area contributed by atoms with Gasteiger partial charge < -0.3 is 10.1 Å². The molecule has 0 atom stereocenters. The van der Waals surface area contributed by atoms with E-state index in [1.54, 1.807) is 24.7 Å². The van der Waals surface area contributed by atoms with E-state index >= 15 is 0 Å². The Morgan fingerprint density at radius 3 is 2.77 bits per heavy atom. The Labute approximate surface area is 156 Å². The van der Waals surface area contributed by atoms with Crippen LogP contribution in [-0.4, -0.2) is 46.3 Å². The van der Waals surface area contributed by atoms with Crippen LogP contribution in [0.5, 0.6) is 0 Å². The Balaban J connectivity index is 1.95. The third-order valence-electron chi connectivity index (χ3n) is 4.52. The van der Waals surface area contributed by atoms with Gasteiger partial charge in [0.2, 0.25) is 0 Å². The summed E-state index contributed by atoms with van der Waals surface area (Å²) in [5, 5.41) is 7.68. The van der Waals surface area contributed by atoms with Gasteiger partial charge in [-0.05, 0) is 38.4 Å². The van der Waals surface area contributed by atoms with Gasteiger partial charge in [0.1, 0.15) is 10.7 Å². The topological polar surface area (TPSA) is 76.5 Å². The average Bonchev–Trinajstić information content (AvgIpc) is 3.13. The summed E-state index contributed by atoms with van der Waals surface area (Å²) in [7, 11) is 1.73. The van der Waals surface area contributed by atoms with E-state index in [2.05, 4.69) is 22.2 Å². The molecule has 0 saturated heterocycles. The van der Waals surface area contributed by atoms with Crippen LogP contribution < -0.4 is 5.32 Å². The zero-order chi connectivity index (χ0) is 18.8. The van der Waals surface area contributed by atoms with Crippen LogP contribution in [0, 0.1) is 6.92 Å². The molecule has 0 radical (unpaired) electrons. The van der Waals surface area contributed by atoms with Crippen molar-refractivity contribution in [2.75, 3.05) is 25.0 Å². The van der Waals surface area contributed by atoms with Gasteiger partial charge in [-0.15, -0.1) is 11.3 Å². The number of aromatic nitrogens is 2. The average molecular weight is 376 g/mol. The molecule has 3 rings (SSSR count). The number of carbonyl (C=O) groups excluding carboxylic acids is 2. The van der Waals surface area contributed by atoms with Crippen LogP contribution in [0.4, 0.5) is 5.00 Å². The zero-order valence-corrected chi connectivity index (χ0v) is 16.4. The fraction of sp³-hybridized carbons (Fsp3) is 0.500. The highest BCUT2D eigenvalue weighted by atomic mass is 32.1. The van der Waals surface area contributed by atoms with Gasteiger partial charge in [-0.1, -0.05) is 6.92 Å². The van der Waals surface area contributed by atoms with Crippen molar-refractivity contribution in [3.63, 3.8) is 0 Å². The monoisotopic (exact) mass is 376 g/mol. The van der Waals surface area contributed by atoms with Crippen LogP contribution in [-0.2, 0) is 24.8 Å². The van der Waals surface area contributed by atoms with E-state index in [-0.39, 0.29) is 11.9 Å². The van der Waals surface area contributed by atoms with Crippen LogP contribution in [0.15, 0.2) is 6.07 Å². The second kappa shape index (κ2) is 7.59. The quantitative estimate of drug-likeness (QED) is 0.812. The Bertz CT molecular complexity index is 840. The standard InChI is InChI=1S/C18H24N4O3S/c1-5-22-8-7-12-14(10-22)26-17(15(12)18(24)25-6-2)19-16(23)13-9-11(3)20-21(13)4/h9H,5-8,10H2,1-4H3,(H,19,23). The van der Waals surface area contributed by atoms with Crippen molar-refractivity contribution in [1.82, 2.24) is 14.7 Å². The molecular weight excluding hydrogens is 352 g/mol. The molecule has 7 nitrogen and oxygen atoms in total. The van der Waals surface area contributed by atoms with Crippen LogP contribution >= 0.6 is 11.3 Å². The van der Waals surface area contributed by atoms with Gasteiger partial charge in [0.15, 0.2) is 0 Å². The number of likely N-dealkylation sites (N-methyl/N-ethyl adjacent to an activating group) is 1. The van der Waals surface area contributed by atoms with E-state index in [4.69, 9.17) is 4.74 Å². The third kappa shape index (κ3) is 3.52. The fourth-order valence-electron chi connectivity index (χ4n) is 3.22. The molecule has 1 N–H and O–H groups in total. The normalized spacial score (nSPS) is 14.2. The highest BCUT2D eigenvalue weighted by Crippen LogP contribution is 2.37. The van der Waals surface area contributed by atoms with Crippen molar-refractivity contribution < 1.29 is 14.3 Å². The minimum absolute atomic E-state index is 0.274. The molecule has 0 bridgehead atoms. The van der Waals surface area contributed by atoms with E-state index < -0.39 is 0 Å². The van der Waals surface area contributed by atoms with Crippen LogP contribution in [0.25, 0.3) is 0 Å². The molecule has 0 saturated carbocycles. The van der Waals surface area contributed by atoms with Crippen molar-refractivity contribution in [2.24, 2.45) is 7.05 Å². The number of amides is 1. The molecule has 3 heterocycles. The third-order valence-corrected chi connectivity index (χ3v) is 5.66. The lowest BCUT2D eigenvalue weighted by Crippen LogP contribution is -2.30. The van der Waals surface area contributed by atoms with E-state index in [1.807, 2.05) is 6.92 Å². The number of nitrogens with zero attached hydrogens (tertiary/aromatic N) is 3. The zero-order valence-electron chi connectivity index (χ0n) is 15.6. The molecule has 26 heavy (non-hydrogen) atoms. The first kappa shape index (κ1) is 18.6. The molecule has 0 spiro atoms. The van der Waals surface area contributed by atoms with Crippen LogP contribution in [0.3, 0.4) is 0 Å². The number of ether oxygens (including phenoxy) is 1. The van der Waals surface area contributed by atoms with Gasteiger partial charge in [-0.3, -0.25) is 14.4 Å². The summed E-state index contributed by atoms with van der Waals surface area (Å²) in [6.45, 7) is 8.71. The molecule has 0 aromatic carbocycles. The molecule has 1 aliphatic heterocycles. The summed E-state index contributed by atoms with van der Waals surface area (Å²) < 4.78 is 6.79. The predicted molar refractivity (Wildman–Crippen MR) is 101 cm³/mol. The van der Waals surface area contributed by atoms with Gasteiger partial charge in [0, 0.05) is 25.0 Å². The second-order valence-electron chi connectivity index (χ2n) is 6.30. The molecule has 8 heteroatoms. The molecular formula is C18H24N4O3S. The summed E-state index contributed by atoms with van der Waals surface area (Å²) in [4.78, 5) is 28.7. The molecule has 2 aromatic rings. The Morgan fingerprint density at radius 1 is 1.38 bits per heavy atom. The number of carbonyl (C=O) groups is 2. The lowest BCUT2D eigenvalue weighted by atomic mass is 10.0. The van der Waals surface area contributed by atoms with E-state index in [0.717, 1.165) is 42.2 Å². The van der Waals surface area contributed by atoms with Crippen molar-refractivity contribution in [3.8, 4) is 0 Å². The molecule has 2 aromatic heterocycles. The van der Waals surface area contributed by atoms with Gasteiger partial charge in [0.05, 0.1) is 17.9 Å². The summed E-state index contributed by atoms with van der Waals surface area (Å²) in [5.74, 6) is -0.643. The second-order valence-corrected chi connectivity index (χ2v) is 7.40. The lowest BCUT2D eigenvalue weighted by Gasteiger charge is -2.25. The number of thiophene rings is 1. The maximum Gasteiger partial charge on any atom is 0.341 e. The summed E-state index contributed by atoms with van der Waals surface area (Å²) in [5.41, 5.74) is 2.75. The van der Waals surface area contributed by atoms with E-state index in [0.29, 0.717) is 22.9 Å². The fourth-order valence-corrected chi connectivity index (χ4v) is 4.50. The number of nitrogens with one attached hydrogen (secondary N) is 1. The Morgan fingerprint density at radius 2 is 2.15 bits per heavy atom. The van der Waals surface area contributed by atoms with Gasteiger partial charge in [0.25, 0.3) is 5.91 Å². The lowest BCUT2D eigenvalue weighted by molar-refractivity contribution is 0.0526. The van der Waals surface area contributed by atoms with Crippen molar-refractivity contribution in [3.05, 3.63) is 33.5 Å². The number of rotatable bonds is 5. The summed E-state index contributed by atoms with van der Waals surface area (Å²) in [6.07, 6.45) is 0.786. The minimum atomic E-state index is -0.369. The maximum atomic E-state index is 12.7. The minimum Gasteiger partial charge on any atom is -0.462 e. The molecule has 1 amide bonds. The number of hydrogen-bond donors (Lipinski definition) is 1. The number of esters is 1. The number of aryl methyl sites for hydroxylation is 2. The smallest absolute Gasteiger partial charge is 0.341 e. The highest BCUT2D eigenvalue weighted by Gasteiger charge is 2.29. The molecule has 0 fully saturated rings. The largest absolute Gasteiger partial charge is 0.462 e. The number of anilines is 1. The van der Waals surface area contributed by atoms with E-state index in [9.17, 15) is 9.59 Å². The van der Waals surface area contributed by atoms with E-state index in [1.165, 1.54) is 11.3 Å². The molecule has 0 unspecified atom stereocenters. The number of hydrogen-bond acceptors (Lipinski definition) is 6. The van der Waals surface area contributed by atoms with Crippen molar-refractivity contribution in [2.45, 2.75) is 33.7 Å². The first-order chi connectivity index (χ1) is 12.4. The van der Waals surface area contributed by atoms with Crippen LogP contribution in [0.1, 0.15) is 50.8 Å². The summed E-state index contributed by atoms with van der Waals surface area (Å²) >= 11 is 1.47. The highest BCUT2D eigenvalue weighted by molar-refractivity contribution is 7.17. The van der Waals surface area contributed by atoms with Crippen molar-refractivity contribution in [1.29, 1.82) is 0 Å². The molecule has 0 aliphatic carbocycles. The SMILES string of the molecule is CCOC(=O)c1c(NC(=O)c2cc(C)nn2C)sc2c1CCN(CC)C2. The predicted octanol–water partition coefficient (Wildman–Crippen LogP) is 2.60. The first-order valence-corrected chi connectivity index (χ1v) is 9.62. The molecule has 140 valence electrons.